The number of aliphatic carboxylic acids is 1. The van der Waals surface area contributed by atoms with E-state index in [1.54, 1.807) is 32.5 Å². The Balaban J connectivity index is 1.18. The summed E-state index contributed by atoms with van der Waals surface area (Å²) in [7, 11) is 3.19. The van der Waals surface area contributed by atoms with Crippen LogP contribution in [0.4, 0.5) is 0 Å². The molecule has 51 heavy (non-hydrogen) atoms. The Labute approximate surface area is 304 Å². The maximum Gasteiger partial charge on any atom is 0.345 e. The second kappa shape index (κ2) is 14.9. The summed E-state index contributed by atoms with van der Waals surface area (Å²) in [5.41, 5.74) is 5.61. The molecule has 1 saturated carbocycles. The van der Waals surface area contributed by atoms with E-state index in [4.69, 9.17) is 35.5 Å². The van der Waals surface area contributed by atoms with Gasteiger partial charge in [-0.15, -0.1) is 0 Å². The lowest BCUT2D eigenvalue weighted by Gasteiger charge is -2.28. The summed E-state index contributed by atoms with van der Waals surface area (Å²) < 4.78 is 28.9. The number of fused-ring (bicyclic) bond motifs is 1. The number of hydrogen-bond acceptors (Lipinski definition) is 10. The van der Waals surface area contributed by atoms with E-state index in [0.717, 1.165) is 57.3 Å². The Morgan fingerprint density at radius 1 is 0.961 bits per heavy atom. The highest BCUT2D eigenvalue weighted by Crippen LogP contribution is 2.48. The van der Waals surface area contributed by atoms with Gasteiger partial charge in [0.15, 0.2) is 5.82 Å². The van der Waals surface area contributed by atoms with Crippen molar-refractivity contribution < 1.29 is 28.8 Å². The molecule has 12 heteroatoms. The molecule has 1 aliphatic carbocycles. The lowest BCUT2D eigenvalue weighted by Crippen LogP contribution is -2.29. The number of nitrogens with zero attached hydrogens (tertiary/aromatic N) is 4. The Kier molecular flexibility index (Phi) is 10.0. The number of carbonyl (C=O) groups is 1. The van der Waals surface area contributed by atoms with Gasteiger partial charge in [0.1, 0.15) is 23.9 Å². The molecule has 0 unspecified atom stereocenters. The summed E-state index contributed by atoms with van der Waals surface area (Å²) in [5, 5.41) is 11.7. The van der Waals surface area contributed by atoms with Gasteiger partial charge in [-0.25, -0.2) is 14.8 Å². The molecular weight excluding hydrogens is 688 g/mol. The van der Waals surface area contributed by atoms with E-state index >= 15 is 0 Å². The number of carboxylic acids is 1. The molecule has 6 aromatic rings. The minimum atomic E-state index is -1.26. The molecule has 10 nitrogen and oxygen atoms in total. The smallest absolute Gasteiger partial charge is 0.345 e. The van der Waals surface area contributed by atoms with Crippen LogP contribution in [0.3, 0.4) is 0 Å². The van der Waals surface area contributed by atoms with Crippen LogP contribution in [-0.4, -0.2) is 50.7 Å². The van der Waals surface area contributed by atoms with E-state index in [1.165, 1.54) is 11.5 Å². The van der Waals surface area contributed by atoms with Crippen molar-refractivity contribution in [3.63, 3.8) is 0 Å². The van der Waals surface area contributed by atoms with Crippen molar-refractivity contribution in [2.75, 3.05) is 14.2 Å². The van der Waals surface area contributed by atoms with Gasteiger partial charge in [-0.05, 0) is 78.3 Å². The first-order valence-electron chi connectivity index (χ1n) is 16.5. The number of rotatable bonds is 13. The zero-order valence-electron chi connectivity index (χ0n) is 28.3. The summed E-state index contributed by atoms with van der Waals surface area (Å²) in [6.45, 7) is 2.09. The van der Waals surface area contributed by atoms with Gasteiger partial charge in [-0.1, -0.05) is 54.4 Å². The van der Waals surface area contributed by atoms with Crippen LogP contribution >= 0.6 is 23.1 Å². The molecule has 1 atom stereocenters. The first-order chi connectivity index (χ1) is 24.9. The molecule has 0 radical (unpaired) electrons. The monoisotopic (exact) mass is 722 g/mol. The highest BCUT2D eigenvalue weighted by atomic mass is 35.5. The predicted octanol–water partition coefficient (Wildman–Crippen LogP) is 8.72. The van der Waals surface area contributed by atoms with Gasteiger partial charge < -0.3 is 24.1 Å². The van der Waals surface area contributed by atoms with E-state index in [9.17, 15) is 9.90 Å². The van der Waals surface area contributed by atoms with Crippen LogP contribution in [0.5, 0.6) is 23.1 Å². The number of carboxylic acid groups (broad SMARTS) is 1. The lowest BCUT2D eigenvalue weighted by atomic mass is 9.79. The van der Waals surface area contributed by atoms with Crippen molar-refractivity contribution in [3.05, 3.63) is 107 Å². The van der Waals surface area contributed by atoms with Gasteiger partial charge in [0, 0.05) is 30.3 Å². The van der Waals surface area contributed by atoms with Crippen LogP contribution < -0.4 is 18.9 Å². The molecule has 1 fully saturated rings. The Hall–Kier alpha value is -5.26. The number of para-hydroxylation sites is 2. The quantitative estimate of drug-likeness (QED) is 0.124. The van der Waals surface area contributed by atoms with Gasteiger partial charge in [0.2, 0.25) is 12.0 Å². The van der Waals surface area contributed by atoms with Crippen molar-refractivity contribution in [3.8, 4) is 45.6 Å². The summed E-state index contributed by atoms with van der Waals surface area (Å²) in [6.07, 6.45) is 5.42. The van der Waals surface area contributed by atoms with E-state index in [-0.39, 0.29) is 24.8 Å². The van der Waals surface area contributed by atoms with Crippen molar-refractivity contribution in [2.45, 2.75) is 51.2 Å². The predicted molar refractivity (Wildman–Crippen MR) is 196 cm³/mol. The largest absolute Gasteiger partial charge is 0.496 e. The van der Waals surface area contributed by atoms with E-state index in [2.05, 4.69) is 14.3 Å². The maximum atomic E-state index is 12.8. The van der Waals surface area contributed by atoms with Crippen molar-refractivity contribution >= 4 is 39.2 Å². The van der Waals surface area contributed by atoms with Crippen molar-refractivity contribution in [1.29, 1.82) is 0 Å². The second-order valence-corrected chi connectivity index (χ2v) is 13.4. The first kappa shape index (κ1) is 34.2. The molecule has 1 aliphatic rings. The Bertz CT molecular complexity index is 2220. The Morgan fingerprint density at radius 3 is 2.47 bits per heavy atom. The fourth-order valence-electron chi connectivity index (χ4n) is 6.27. The van der Waals surface area contributed by atoms with Crippen LogP contribution in [0.2, 0.25) is 5.02 Å². The van der Waals surface area contributed by atoms with Gasteiger partial charge in [-0.3, -0.25) is 4.98 Å². The van der Waals surface area contributed by atoms with Crippen LogP contribution in [-0.2, 0) is 17.8 Å². The number of pyridine rings is 1. The van der Waals surface area contributed by atoms with E-state index in [0.29, 0.717) is 39.4 Å². The number of ether oxygens (including phenoxy) is 4. The van der Waals surface area contributed by atoms with Crippen molar-refractivity contribution in [2.24, 2.45) is 0 Å². The van der Waals surface area contributed by atoms with Crippen molar-refractivity contribution in [1.82, 2.24) is 19.3 Å². The zero-order chi connectivity index (χ0) is 35.5. The summed E-state index contributed by atoms with van der Waals surface area (Å²) in [6, 6.07) is 20.4. The molecule has 0 bridgehead atoms. The molecule has 0 spiro atoms. The molecule has 1 N–H and O–H groups in total. The van der Waals surface area contributed by atoms with Gasteiger partial charge in [-0.2, -0.15) is 4.37 Å². The molecular formula is C39H35ClN4O6S. The molecule has 0 aliphatic heterocycles. The van der Waals surface area contributed by atoms with Crippen LogP contribution in [0.25, 0.3) is 32.6 Å². The first-order valence-corrected chi connectivity index (χ1v) is 17.7. The third kappa shape index (κ3) is 6.91. The number of halogens is 1. The number of aromatic nitrogens is 4. The average Bonchev–Trinajstić information content (AvgIpc) is 3.54. The standard InChI is InChI=1S/C39H35ClN4O6S/c1-22-26(15-16-30(48-3)35(22)40)33-34-32(20-42-36(33)23-10-8-11-23)51-44-38(34)50-31(39(45)46)19-24-9-4-6-13-28(24)49-21-25-17-18-41-37(43-25)27-12-5-7-14-29(27)47-2/h4-7,9,12-18,20,23,31H,8,10-11,19,21H2,1-3H3,(H,45,46)/t31-/m1/s1. The topological polar surface area (TPSA) is 126 Å². The second-order valence-electron chi connectivity index (χ2n) is 12.2. The molecule has 0 amide bonds. The summed E-state index contributed by atoms with van der Waals surface area (Å²) in [4.78, 5) is 26.8. The van der Waals surface area contributed by atoms with Crippen LogP contribution in [0.1, 0.15) is 47.7 Å². The third-order valence-corrected chi connectivity index (χ3v) is 10.4. The fraction of sp³-hybridized carbons (Fsp3) is 0.256. The highest BCUT2D eigenvalue weighted by Gasteiger charge is 2.31. The molecule has 3 heterocycles. The SMILES string of the molecule is COc1ccccc1-c1nccc(COc2ccccc2C[C@@H](Oc2nsc3cnc(C4CCC4)c(-c4ccc(OC)c(Cl)c4C)c23)C(=O)O)n1. The minimum absolute atomic E-state index is 0.0318. The summed E-state index contributed by atoms with van der Waals surface area (Å²) >= 11 is 7.97. The minimum Gasteiger partial charge on any atom is -0.496 e. The summed E-state index contributed by atoms with van der Waals surface area (Å²) in [5.74, 6) is 1.67. The lowest BCUT2D eigenvalue weighted by molar-refractivity contribution is -0.145. The van der Waals surface area contributed by atoms with E-state index in [1.807, 2.05) is 67.7 Å². The molecule has 7 rings (SSSR count). The van der Waals surface area contributed by atoms with E-state index < -0.39 is 12.1 Å². The normalized spacial score (nSPS) is 13.4. The number of hydrogen-bond donors (Lipinski definition) is 1. The number of benzene rings is 3. The third-order valence-electron chi connectivity index (χ3n) is 9.19. The average molecular weight is 723 g/mol. The Morgan fingerprint density at radius 2 is 1.73 bits per heavy atom. The van der Waals surface area contributed by atoms with Gasteiger partial charge in [0.25, 0.3) is 0 Å². The molecule has 260 valence electrons. The van der Waals surface area contributed by atoms with Gasteiger partial charge >= 0.3 is 5.97 Å². The van der Waals surface area contributed by atoms with Gasteiger partial charge in [0.05, 0.1) is 46.3 Å². The fourth-order valence-corrected chi connectivity index (χ4v) is 7.21. The molecule has 0 saturated heterocycles. The zero-order valence-corrected chi connectivity index (χ0v) is 29.8. The van der Waals surface area contributed by atoms with Crippen LogP contribution in [0, 0.1) is 6.92 Å². The number of methoxy groups -OCH3 is 2. The van der Waals surface area contributed by atoms with Crippen LogP contribution in [0.15, 0.2) is 79.1 Å². The molecule has 3 aromatic heterocycles. The highest BCUT2D eigenvalue weighted by molar-refractivity contribution is 7.13. The maximum absolute atomic E-state index is 12.8. The molecule has 3 aromatic carbocycles.